The van der Waals surface area contributed by atoms with Crippen LogP contribution in [0.4, 0.5) is 5.69 Å². The molecule has 0 atom stereocenters. The number of piperazine rings is 1. The Bertz CT molecular complexity index is 855. The van der Waals surface area contributed by atoms with Gasteiger partial charge in [0.1, 0.15) is 5.69 Å². The van der Waals surface area contributed by atoms with Gasteiger partial charge in [-0.25, -0.2) is 4.98 Å². The van der Waals surface area contributed by atoms with Crippen molar-refractivity contribution < 1.29 is 14.5 Å². The van der Waals surface area contributed by atoms with Crippen LogP contribution < -0.4 is 0 Å². The summed E-state index contributed by atoms with van der Waals surface area (Å²) >= 11 is 0. The van der Waals surface area contributed by atoms with E-state index in [0.29, 0.717) is 31.9 Å². The summed E-state index contributed by atoms with van der Waals surface area (Å²) in [5.41, 5.74) is 0.447. The molecule has 3 rings (SSSR count). The third kappa shape index (κ3) is 3.81. The fraction of sp³-hybridized carbons (Fsp3) is 0.389. The first kappa shape index (κ1) is 18.6. The molecule has 1 fully saturated rings. The van der Waals surface area contributed by atoms with Crippen LogP contribution in [0.3, 0.4) is 0 Å². The van der Waals surface area contributed by atoms with E-state index in [2.05, 4.69) is 4.98 Å². The average Bonchev–Trinajstić information content (AvgIpc) is 3.21. The topological polar surface area (TPSA) is 102 Å². The predicted molar refractivity (Wildman–Crippen MR) is 97.5 cm³/mol. The minimum absolute atomic E-state index is 0.0717. The third-order valence-corrected chi connectivity index (χ3v) is 4.57. The summed E-state index contributed by atoms with van der Waals surface area (Å²) in [4.78, 5) is 43.0. The lowest BCUT2D eigenvalue weighted by Gasteiger charge is -2.35. The van der Waals surface area contributed by atoms with Crippen LogP contribution in [0.5, 0.6) is 0 Å². The Kier molecular flexibility index (Phi) is 5.20. The molecule has 2 aromatic rings. The van der Waals surface area contributed by atoms with Crippen molar-refractivity contribution in [3.8, 4) is 5.69 Å². The van der Waals surface area contributed by atoms with Crippen LogP contribution in [0.1, 0.15) is 24.2 Å². The van der Waals surface area contributed by atoms with Gasteiger partial charge in [0.2, 0.25) is 5.91 Å². The first-order valence-corrected chi connectivity index (χ1v) is 8.73. The number of hydrogen-bond acceptors (Lipinski definition) is 5. The Balaban J connectivity index is 1.77. The normalized spacial score (nSPS) is 14.5. The number of imidazole rings is 1. The summed E-state index contributed by atoms with van der Waals surface area (Å²) in [6, 6.07) is 4.42. The number of carbonyl (C=O) groups is 2. The van der Waals surface area contributed by atoms with E-state index in [0.717, 1.165) is 0 Å². The number of nitro benzene ring substituents is 1. The van der Waals surface area contributed by atoms with Crippen molar-refractivity contribution >= 4 is 17.5 Å². The van der Waals surface area contributed by atoms with Crippen LogP contribution in [0.2, 0.25) is 0 Å². The lowest BCUT2D eigenvalue weighted by Crippen LogP contribution is -2.51. The number of aromatic nitrogens is 2. The molecule has 1 aliphatic heterocycles. The highest BCUT2D eigenvalue weighted by Crippen LogP contribution is 2.25. The Labute approximate surface area is 156 Å². The highest BCUT2D eigenvalue weighted by Gasteiger charge is 2.27. The van der Waals surface area contributed by atoms with Gasteiger partial charge in [-0.1, -0.05) is 13.8 Å². The predicted octanol–water partition coefficient (Wildman–Crippen LogP) is 1.72. The molecule has 0 radical (unpaired) electrons. The zero-order chi connectivity index (χ0) is 19.6. The van der Waals surface area contributed by atoms with E-state index in [4.69, 9.17) is 0 Å². The lowest BCUT2D eigenvalue weighted by molar-refractivity contribution is -0.384. The maximum absolute atomic E-state index is 12.8. The smallest absolute Gasteiger partial charge is 0.294 e. The van der Waals surface area contributed by atoms with Crippen molar-refractivity contribution in [3.63, 3.8) is 0 Å². The highest BCUT2D eigenvalue weighted by atomic mass is 16.6. The molecule has 0 bridgehead atoms. The summed E-state index contributed by atoms with van der Waals surface area (Å²) in [5, 5.41) is 11.5. The second kappa shape index (κ2) is 7.56. The number of carbonyl (C=O) groups excluding carboxylic acids is 2. The molecular weight excluding hydrogens is 350 g/mol. The van der Waals surface area contributed by atoms with Gasteiger partial charge in [0.15, 0.2) is 0 Å². The van der Waals surface area contributed by atoms with Crippen molar-refractivity contribution in [1.82, 2.24) is 19.4 Å². The van der Waals surface area contributed by atoms with Crippen molar-refractivity contribution in [3.05, 3.63) is 52.6 Å². The summed E-state index contributed by atoms with van der Waals surface area (Å²) < 4.78 is 1.53. The Morgan fingerprint density at radius 2 is 1.81 bits per heavy atom. The summed E-state index contributed by atoms with van der Waals surface area (Å²) in [5.74, 6) is -0.278. The van der Waals surface area contributed by atoms with E-state index < -0.39 is 4.92 Å². The highest BCUT2D eigenvalue weighted by molar-refractivity contribution is 5.95. The molecule has 0 saturated carbocycles. The molecular formula is C18H21N5O4. The Morgan fingerprint density at radius 3 is 2.37 bits per heavy atom. The maximum atomic E-state index is 12.8. The number of benzene rings is 1. The minimum atomic E-state index is -0.509. The van der Waals surface area contributed by atoms with E-state index >= 15 is 0 Å². The standard InChI is InChI=1S/C18H21N5O4/c1-13(2)17(24)20-7-9-21(10-8-20)18(25)14-3-4-15(16(11-14)23(26)27)22-6-5-19-12-22/h3-6,11-13H,7-10H2,1-2H3. The number of amides is 2. The van der Waals surface area contributed by atoms with E-state index in [1.54, 1.807) is 28.1 Å². The molecule has 1 aromatic carbocycles. The third-order valence-electron chi connectivity index (χ3n) is 4.57. The van der Waals surface area contributed by atoms with Gasteiger partial charge in [0, 0.05) is 56.1 Å². The Hall–Kier alpha value is -3.23. The second-order valence-corrected chi connectivity index (χ2v) is 6.70. The largest absolute Gasteiger partial charge is 0.339 e. The quantitative estimate of drug-likeness (QED) is 0.602. The first-order chi connectivity index (χ1) is 12.9. The fourth-order valence-corrected chi connectivity index (χ4v) is 3.10. The number of hydrogen-bond donors (Lipinski definition) is 0. The van der Waals surface area contributed by atoms with Gasteiger partial charge in [0.25, 0.3) is 11.6 Å². The van der Waals surface area contributed by atoms with Gasteiger partial charge in [0.05, 0.1) is 11.3 Å². The van der Waals surface area contributed by atoms with E-state index in [9.17, 15) is 19.7 Å². The summed E-state index contributed by atoms with van der Waals surface area (Å²) in [7, 11) is 0. The van der Waals surface area contributed by atoms with Crippen LogP contribution in [0.25, 0.3) is 5.69 Å². The van der Waals surface area contributed by atoms with Crippen LogP contribution >= 0.6 is 0 Å². The van der Waals surface area contributed by atoms with Crippen LogP contribution in [-0.2, 0) is 4.79 Å². The SMILES string of the molecule is CC(C)C(=O)N1CCN(C(=O)c2ccc(-n3ccnc3)c([N+](=O)[O-])c2)CC1. The molecule has 2 heterocycles. The molecule has 0 unspecified atom stereocenters. The van der Waals surface area contributed by atoms with Gasteiger partial charge in [-0.3, -0.25) is 19.7 Å². The van der Waals surface area contributed by atoms with Crippen molar-refractivity contribution in [2.45, 2.75) is 13.8 Å². The summed E-state index contributed by atoms with van der Waals surface area (Å²) in [6.07, 6.45) is 4.60. The van der Waals surface area contributed by atoms with Crippen molar-refractivity contribution in [2.24, 2.45) is 5.92 Å². The van der Waals surface area contributed by atoms with Crippen molar-refractivity contribution in [1.29, 1.82) is 0 Å². The zero-order valence-corrected chi connectivity index (χ0v) is 15.2. The van der Waals surface area contributed by atoms with Gasteiger partial charge < -0.3 is 14.4 Å². The average molecular weight is 371 g/mol. The molecule has 9 nitrogen and oxygen atoms in total. The molecule has 2 amide bonds. The number of nitrogens with zero attached hydrogens (tertiary/aromatic N) is 5. The molecule has 1 aromatic heterocycles. The van der Waals surface area contributed by atoms with E-state index in [1.807, 2.05) is 13.8 Å². The fourth-order valence-electron chi connectivity index (χ4n) is 3.10. The lowest BCUT2D eigenvalue weighted by atomic mass is 10.1. The summed E-state index contributed by atoms with van der Waals surface area (Å²) in [6.45, 7) is 5.46. The van der Waals surface area contributed by atoms with Crippen LogP contribution in [0, 0.1) is 16.0 Å². The molecule has 0 N–H and O–H groups in total. The molecule has 27 heavy (non-hydrogen) atoms. The number of rotatable bonds is 4. The molecule has 9 heteroatoms. The number of nitro groups is 1. The monoisotopic (exact) mass is 371 g/mol. The molecule has 1 aliphatic rings. The molecule has 0 spiro atoms. The first-order valence-electron chi connectivity index (χ1n) is 8.73. The van der Waals surface area contributed by atoms with Gasteiger partial charge in [-0.2, -0.15) is 0 Å². The van der Waals surface area contributed by atoms with Crippen LogP contribution in [0.15, 0.2) is 36.9 Å². The van der Waals surface area contributed by atoms with Crippen molar-refractivity contribution in [2.75, 3.05) is 26.2 Å². The molecule has 1 saturated heterocycles. The van der Waals surface area contributed by atoms with Gasteiger partial charge in [-0.05, 0) is 12.1 Å². The molecule has 142 valence electrons. The van der Waals surface area contributed by atoms with Crippen LogP contribution in [-0.4, -0.2) is 62.3 Å². The zero-order valence-electron chi connectivity index (χ0n) is 15.2. The maximum Gasteiger partial charge on any atom is 0.294 e. The van der Waals surface area contributed by atoms with Gasteiger partial charge in [-0.15, -0.1) is 0 Å². The second-order valence-electron chi connectivity index (χ2n) is 6.70. The van der Waals surface area contributed by atoms with E-state index in [1.165, 1.54) is 23.2 Å². The van der Waals surface area contributed by atoms with Gasteiger partial charge >= 0.3 is 0 Å². The Morgan fingerprint density at radius 1 is 1.15 bits per heavy atom. The minimum Gasteiger partial charge on any atom is -0.339 e. The van der Waals surface area contributed by atoms with E-state index in [-0.39, 0.29) is 29.0 Å². The molecule has 0 aliphatic carbocycles.